The Kier molecular flexibility index (Phi) is 6.20. The van der Waals surface area contributed by atoms with Gasteiger partial charge in [0.25, 0.3) is 0 Å². The third-order valence-corrected chi connectivity index (χ3v) is 6.28. The van der Waals surface area contributed by atoms with Crippen LogP contribution in [0.4, 0.5) is 0 Å². The number of ether oxygens (including phenoxy) is 3. The van der Waals surface area contributed by atoms with Crippen molar-refractivity contribution in [3.05, 3.63) is 89.5 Å². The monoisotopic (exact) mass is 442 g/mol. The fourth-order valence-electron chi connectivity index (χ4n) is 4.55. The van der Waals surface area contributed by atoms with Crippen molar-refractivity contribution >= 4 is 5.71 Å². The quantitative estimate of drug-likeness (QED) is 0.373. The van der Waals surface area contributed by atoms with Crippen molar-refractivity contribution in [2.75, 3.05) is 13.7 Å². The lowest BCUT2D eigenvalue weighted by Gasteiger charge is -2.38. The number of benzene rings is 3. The zero-order valence-corrected chi connectivity index (χ0v) is 19.2. The lowest BCUT2D eigenvalue weighted by atomic mass is 9.96. The van der Waals surface area contributed by atoms with E-state index in [-0.39, 0.29) is 12.3 Å². The molecule has 0 bridgehead atoms. The summed E-state index contributed by atoms with van der Waals surface area (Å²) in [5, 5.41) is 7.14. The highest BCUT2D eigenvalue weighted by atomic mass is 16.5. The van der Waals surface area contributed by atoms with Gasteiger partial charge in [-0.2, -0.15) is 5.10 Å². The largest absolute Gasteiger partial charge is 0.493 e. The molecule has 0 aromatic heterocycles. The van der Waals surface area contributed by atoms with Crippen LogP contribution in [-0.4, -0.2) is 24.4 Å². The maximum atomic E-state index is 6.49. The van der Waals surface area contributed by atoms with E-state index in [2.05, 4.69) is 54.4 Å². The van der Waals surface area contributed by atoms with Gasteiger partial charge in [-0.05, 0) is 36.2 Å². The van der Waals surface area contributed by atoms with E-state index < -0.39 is 0 Å². The van der Waals surface area contributed by atoms with Gasteiger partial charge in [-0.1, -0.05) is 68.3 Å². The van der Waals surface area contributed by atoms with Crippen LogP contribution in [0.2, 0.25) is 0 Å². The van der Waals surface area contributed by atoms with Gasteiger partial charge in [-0.25, -0.2) is 5.01 Å². The maximum Gasteiger partial charge on any atom is 0.214 e. The van der Waals surface area contributed by atoms with E-state index in [4.69, 9.17) is 19.3 Å². The fourth-order valence-corrected chi connectivity index (χ4v) is 4.55. The predicted octanol–water partition coefficient (Wildman–Crippen LogP) is 6.51. The second kappa shape index (κ2) is 9.57. The van der Waals surface area contributed by atoms with Crippen molar-refractivity contribution in [3.8, 4) is 17.2 Å². The Bertz CT molecular complexity index is 1130. The molecule has 0 radical (unpaired) electrons. The molecule has 0 aliphatic carbocycles. The topological polar surface area (TPSA) is 43.3 Å². The standard InChI is InChI=1S/C28H30N2O3/c1-3-4-10-17-32-26-16-15-21(18-27(26)31-2)28-30-24(22-13-8-9-14-25(22)33-28)19-23(29-30)20-11-6-5-7-12-20/h5-9,11-16,18,24,28H,3-4,10,17,19H2,1-2H3/t24-,28+/m1/s1. The van der Waals surface area contributed by atoms with Crippen molar-refractivity contribution in [3.63, 3.8) is 0 Å². The van der Waals surface area contributed by atoms with Crippen LogP contribution in [0.3, 0.4) is 0 Å². The first kappa shape index (κ1) is 21.4. The first-order chi connectivity index (χ1) is 16.3. The molecule has 0 spiro atoms. The van der Waals surface area contributed by atoms with Crippen LogP contribution in [0.5, 0.6) is 17.2 Å². The average molecular weight is 443 g/mol. The Morgan fingerprint density at radius 2 is 1.79 bits per heavy atom. The summed E-state index contributed by atoms with van der Waals surface area (Å²) in [6.07, 6.45) is 3.87. The molecule has 0 saturated heterocycles. The summed E-state index contributed by atoms with van der Waals surface area (Å²) < 4.78 is 18.1. The van der Waals surface area contributed by atoms with Crippen LogP contribution in [-0.2, 0) is 0 Å². The third-order valence-electron chi connectivity index (χ3n) is 6.28. The molecule has 0 amide bonds. The molecular formula is C28H30N2O3. The van der Waals surface area contributed by atoms with Crippen LogP contribution < -0.4 is 14.2 Å². The second-order valence-electron chi connectivity index (χ2n) is 8.49. The van der Waals surface area contributed by atoms with Gasteiger partial charge in [0.1, 0.15) is 5.75 Å². The molecule has 5 nitrogen and oxygen atoms in total. The Morgan fingerprint density at radius 3 is 2.61 bits per heavy atom. The Hall–Kier alpha value is -3.47. The second-order valence-corrected chi connectivity index (χ2v) is 8.49. The van der Waals surface area contributed by atoms with Crippen LogP contribution in [0.1, 0.15) is 61.6 Å². The van der Waals surface area contributed by atoms with Gasteiger partial charge in [-0.3, -0.25) is 0 Å². The lowest BCUT2D eigenvalue weighted by Crippen LogP contribution is -2.33. The molecule has 33 heavy (non-hydrogen) atoms. The van der Waals surface area contributed by atoms with Crippen LogP contribution in [0, 0.1) is 0 Å². The molecule has 3 aromatic carbocycles. The molecule has 2 atom stereocenters. The molecule has 5 rings (SSSR count). The first-order valence-electron chi connectivity index (χ1n) is 11.8. The highest BCUT2D eigenvalue weighted by Gasteiger charge is 2.41. The number of unbranched alkanes of at least 4 members (excludes halogenated alkanes) is 2. The van der Waals surface area contributed by atoms with Crippen molar-refractivity contribution in [2.24, 2.45) is 5.10 Å². The summed E-state index contributed by atoms with van der Waals surface area (Å²) in [4.78, 5) is 0. The summed E-state index contributed by atoms with van der Waals surface area (Å²) in [6, 6.07) is 24.8. The van der Waals surface area contributed by atoms with E-state index in [1.54, 1.807) is 7.11 Å². The van der Waals surface area contributed by atoms with E-state index in [0.717, 1.165) is 53.3 Å². The van der Waals surface area contributed by atoms with Crippen molar-refractivity contribution < 1.29 is 14.2 Å². The van der Waals surface area contributed by atoms with Crippen LogP contribution >= 0.6 is 0 Å². The van der Waals surface area contributed by atoms with E-state index in [0.29, 0.717) is 6.61 Å². The summed E-state index contributed by atoms with van der Waals surface area (Å²) in [5.41, 5.74) is 4.39. The fraction of sp³-hybridized carbons (Fsp3) is 0.321. The van der Waals surface area contributed by atoms with Crippen molar-refractivity contribution in [1.29, 1.82) is 0 Å². The van der Waals surface area contributed by atoms with Gasteiger partial charge in [0.2, 0.25) is 6.23 Å². The van der Waals surface area contributed by atoms with Crippen LogP contribution in [0.25, 0.3) is 0 Å². The number of nitrogens with zero attached hydrogens (tertiary/aromatic N) is 2. The third kappa shape index (κ3) is 4.28. The molecule has 170 valence electrons. The molecular weight excluding hydrogens is 412 g/mol. The molecule has 0 unspecified atom stereocenters. The summed E-state index contributed by atoms with van der Waals surface area (Å²) in [6.45, 7) is 2.88. The highest BCUT2D eigenvalue weighted by molar-refractivity contribution is 6.01. The number of hydrazone groups is 1. The molecule has 2 heterocycles. The SMILES string of the molecule is CCCCCOc1ccc([C@@H]2Oc3ccccc3[C@H]3CC(c4ccccc4)=NN32)cc1OC. The molecule has 0 N–H and O–H groups in total. The number of rotatable bonds is 8. The number of hydrogen-bond acceptors (Lipinski definition) is 5. The van der Waals surface area contributed by atoms with Crippen LogP contribution in [0.15, 0.2) is 77.9 Å². The first-order valence-corrected chi connectivity index (χ1v) is 11.8. The molecule has 5 heteroatoms. The van der Waals surface area contributed by atoms with E-state index >= 15 is 0 Å². The maximum absolute atomic E-state index is 6.49. The summed E-state index contributed by atoms with van der Waals surface area (Å²) in [5.74, 6) is 2.39. The van der Waals surface area contributed by atoms with Gasteiger partial charge in [0.15, 0.2) is 11.5 Å². The normalized spacial score (nSPS) is 18.7. The predicted molar refractivity (Wildman–Crippen MR) is 130 cm³/mol. The number of methoxy groups -OCH3 is 1. The van der Waals surface area contributed by atoms with E-state index in [9.17, 15) is 0 Å². The van der Waals surface area contributed by atoms with Gasteiger partial charge in [-0.15, -0.1) is 0 Å². The minimum Gasteiger partial charge on any atom is -0.493 e. The van der Waals surface area contributed by atoms with E-state index in [1.807, 2.05) is 30.3 Å². The van der Waals surface area contributed by atoms with Gasteiger partial charge < -0.3 is 14.2 Å². The Balaban J connectivity index is 1.47. The summed E-state index contributed by atoms with van der Waals surface area (Å²) >= 11 is 0. The van der Waals surface area contributed by atoms with Gasteiger partial charge in [0, 0.05) is 17.5 Å². The molecule has 3 aromatic rings. The Morgan fingerprint density at radius 1 is 0.970 bits per heavy atom. The number of hydrogen-bond donors (Lipinski definition) is 0. The molecule has 0 fully saturated rings. The van der Waals surface area contributed by atoms with Crippen molar-refractivity contribution in [2.45, 2.75) is 44.9 Å². The average Bonchev–Trinajstić information content (AvgIpc) is 3.33. The minimum atomic E-state index is -0.339. The van der Waals surface area contributed by atoms with E-state index in [1.165, 1.54) is 12.0 Å². The van der Waals surface area contributed by atoms with Gasteiger partial charge in [0.05, 0.1) is 25.5 Å². The Labute approximate surface area is 195 Å². The molecule has 2 aliphatic heterocycles. The smallest absolute Gasteiger partial charge is 0.214 e. The number of para-hydroxylation sites is 1. The van der Waals surface area contributed by atoms with Crippen molar-refractivity contribution in [1.82, 2.24) is 5.01 Å². The lowest BCUT2D eigenvalue weighted by molar-refractivity contribution is -0.0191. The van der Waals surface area contributed by atoms with Gasteiger partial charge >= 0.3 is 0 Å². The molecule has 2 aliphatic rings. The highest BCUT2D eigenvalue weighted by Crippen LogP contribution is 2.48. The minimum absolute atomic E-state index is 0.131. The zero-order valence-electron chi connectivity index (χ0n) is 19.2. The molecule has 0 saturated carbocycles. The summed E-state index contributed by atoms with van der Waals surface area (Å²) in [7, 11) is 1.68. The number of fused-ring (bicyclic) bond motifs is 3. The zero-order chi connectivity index (χ0) is 22.6.